The fourth-order valence-electron chi connectivity index (χ4n) is 3.75. The van der Waals surface area contributed by atoms with Gasteiger partial charge >= 0.3 is 5.63 Å². The summed E-state index contributed by atoms with van der Waals surface area (Å²) < 4.78 is 10.7. The molecule has 0 spiro atoms. The van der Waals surface area contributed by atoms with Crippen LogP contribution in [0.15, 0.2) is 69.9 Å². The maximum Gasteiger partial charge on any atom is 0.336 e. The van der Waals surface area contributed by atoms with E-state index < -0.39 is 5.63 Å². The molecule has 4 rings (SSSR count). The highest BCUT2D eigenvalue weighted by atomic mass is 16.5. The quantitative estimate of drug-likeness (QED) is 0.653. The summed E-state index contributed by atoms with van der Waals surface area (Å²) in [6.07, 6.45) is 0. The van der Waals surface area contributed by atoms with Gasteiger partial charge < -0.3 is 14.5 Å². The van der Waals surface area contributed by atoms with Crippen molar-refractivity contribution in [2.45, 2.75) is 19.5 Å². The van der Waals surface area contributed by atoms with Gasteiger partial charge in [-0.25, -0.2) is 4.79 Å². The van der Waals surface area contributed by atoms with Crippen LogP contribution < -0.4 is 15.7 Å². The molecule has 0 radical (unpaired) electrons. The molecule has 1 aliphatic heterocycles. The van der Waals surface area contributed by atoms with Crippen LogP contribution in [-0.4, -0.2) is 36.5 Å². The molecule has 1 amide bonds. The Morgan fingerprint density at radius 3 is 2.76 bits per heavy atom. The van der Waals surface area contributed by atoms with Gasteiger partial charge in [0, 0.05) is 43.2 Å². The second-order valence-corrected chi connectivity index (χ2v) is 7.57. The molecule has 6 heteroatoms. The average molecular weight is 392 g/mol. The van der Waals surface area contributed by atoms with E-state index in [0.29, 0.717) is 17.3 Å². The smallest absolute Gasteiger partial charge is 0.336 e. The molecule has 0 unspecified atom stereocenters. The maximum atomic E-state index is 12.4. The van der Waals surface area contributed by atoms with Crippen molar-refractivity contribution in [3.05, 3.63) is 76.6 Å². The first kappa shape index (κ1) is 19.2. The van der Waals surface area contributed by atoms with E-state index in [0.717, 1.165) is 25.0 Å². The topological polar surface area (TPSA) is 71.8 Å². The SMILES string of the molecule is C[C@@H]1CN(Cc2ccccc2)C[C@H]1NC(=O)COc1ccc2ccc(=O)oc2c1. The summed E-state index contributed by atoms with van der Waals surface area (Å²) in [5, 5.41) is 3.89. The van der Waals surface area contributed by atoms with Crippen molar-refractivity contribution < 1.29 is 13.9 Å². The minimum atomic E-state index is -0.414. The van der Waals surface area contributed by atoms with Gasteiger partial charge in [0.25, 0.3) is 5.91 Å². The first-order valence-electron chi connectivity index (χ1n) is 9.79. The van der Waals surface area contributed by atoms with Crippen LogP contribution >= 0.6 is 0 Å². The number of benzene rings is 2. The lowest BCUT2D eigenvalue weighted by Gasteiger charge is -2.17. The number of carbonyl (C=O) groups is 1. The lowest BCUT2D eigenvalue weighted by molar-refractivity contribution is -0.123. The number of rotatable bonds is 6. The van der Waals surface area contributed by atoms with Crippen molar-refractivity contribution in [2.24, 2.45) is 5.92 Å². The molecule has 2 aromatic carbocycles. The Kier molecular flexibility index (Phi) is 5.62. The van der Waals surface area contributed by atoms with Crippen LogP contribution in [0.5, 0.6) is 5.75 Å². The summed E-state index contributed by atoms with van der Waals surface area (Å²) in [6, 6.07) is 18.7. The molecule has 29 heavy (non-hydrogen) atoms. The normalized spacial score (nSPS) is 19.3. The number of carbonyl (C=O) groups excluding carboxylic acids is 1. The fraction of sp³-hybridized carbons (Fsp3) is 0.304. The number of likely N-dealkylation sites (tertiary alicyclic amines) is 1. The van der Waals surface area contributed by atoms with Crippen molar-refractivity contribution in [1.82, 2.24) is 10.2 Å². The summed E-state index contributed by atoms with van der Waals surface area (Å²) in [7, 11) is 0. The Balaban J connectivity index is 1.30. The minimum absolute atomic E-state index is 0.0789. The molecular weight excluding hydrogens is 368 g/mol. The second kappa shape index (κ2) is 8.49. The van der Waals surface area contributed by atoms with Gasteiger partial charge in [-0.3, -0.25) is 9.69 Å². The van der Waals surface area contributed by atoms with Crippen LogP contribution in [0.2, 0.25) is 0 Å². The Morgan fingerprint density at radius 1 is 1.14 bits per heavy atom. The minimum Gasteiger partial charge on any atom is -0.484 e. The lowest BCUT2D eigenvalue weighted by atomic mass is 10.1. The van der Waals surface area contributed by atoms with Gasteiger partial charge in [-0.2, -0.15) is 0 Å². The molecule has 150 valence electrons. The summed E-state index contributed by atoms with van der Waals surface area (Å²) in [5.74, 6) is 0.711. The fourth-order valence-corrected chi connectivity index (χ4v) is 3.75. The third-order valence-electron chi connectivity index (χ3n) is 5.25. The van der Waals surface area contributed by atoms with Crippen LogP contribution in [0.4, 0.5) is 0 Å². The van der Waals surface area contributed by atoms with E-state index in [4.69, 9.17) is 9.15 Å². The molecule has 0 bridgehead atoms. The third-order valence-corrected chi connectivity index (χ3v) is 5.25. The van der Waals surface area contributed by atoms with E-state index in [1.165, 1.54) is 11.6 Å². The van der Waals surface area contributed by atoms with Crippen molar-refractivity contribution in [2.75, 3.05) is 19.7 Å². The van der Waals surface area contributed by atoms with Crippen LogP contribution in [0.1, 0.15) is 12.5 Å². The molecule has 1 N–H and O–H groups in total. The first-order valence-corrected chi connectivity index (χ1v) is 9.79. The number of nitrogens with one attached hydrogen (secondary N) is 1. The number of hydrogen-bond acceptors (Lipinski definition) is 5. The number of ether oxygens (including phenoxy) is 1. The molecule has 0 aliphatic carbocycles. The van der Waals surface area contributed by atoms with Crippen molar-refractivity contribution in [3.63, 3.8) is 0 Å². The molecule has 1 saturated heterocycles. The number of nitrogens with zero attached hydrogens (tertiary/aromatic N) is 1. The van der Waals surface area contributed by atoms with E-state index in [-0.39, 0.29) is 18.6 Å². The van der Waals surface area contributed by atoms with E-state index >= 15 is 0 Å². The third kappa shape index (κ3) is 4.84. The van der Waals surface area contributed by atoms with E-state index in [2.05, 4.69) is 29.3 Å². The van der Waals surface area contributed by atoms with Gasteiger partial charge in [-0.1, -0.05) is 37.3 Å². The molecule has 6 nitrogen and oxygen atoms in total. The summed E-state index contributed by atoms with van der Waals surface area (Å²) in [6.45, 7) is 4.73. The Morgan fingerprint density at radius 2 is 1.93 bits per heavy atom. The molecule has 0 saturated carbocycles. The Hall–Kier alpha value is -3.12. The first-order chi connectivity index (χ1) is 14.1. The van der Waals surface area contributed by atoms with Crippen LogP contribution in [-0.2, 0) is 11.3 Å². The van der Waals surface area contributed by atoms with Gasteiger partial charge in [0.1, 0.15) is 11.3 Å². The molecule has 2 heterocycles. The largest absolute Gasteiger partial charge is 0.484 e. The Bertz CT molecular complexity index is 1050. The van der Waals surface area contributed by atoms with Gasteiger partial charge in [0.05, 0.1) is 0 Å². The summed E-state index contributed by atoms with van der Waals surface area (Å²) in [5.41, 5.74) is 1.30. The van der Waals surface area contributed by atoms with Gasteiger partial charge in [0.2, 0.25) is 0 Å². The van der Waals surface area contributed by atoms with E-state index in [1.807, 2.05) is 18.2 Å². The van der Waals surface area contributed by atoms with Gasteiger partial charge in [0.15, 0.2) is 6.61 Å². The highest BCUT2D eigenvalue weighted by molar-refractivity contribution is 5.79. The zero-order valence-electron chi connectivity index (χ0n) is 16.3. The molecular formula is C23H24N2O4. The standard InChI is InChI=1S/C23H24N2O4/c1-16-12-25(13-17-5-3-2-4-6-17)14-20(16)24-22(26)15-28-19-9-7-18-8-10-23(27)29-21(18)11-19/h2-11,16,20H,12-15H2,1H3,(H,24,26)/t16-,20-/m1/s1. The monoisotopic (exact) mass is 392 g/mol. The van der Waals surface area contributed by atoms with Crippen molar-refractivity contribution in [3.8, 4) is 5.75 Å². The molecule has 1 aromatic heterocycles. The number of hydrogen-bond donors (Lipinski definition) is 1. The molecule has 1 fully saturated rings. The lowest BCUT2D eigenvalue weighted by Crippen LogP contribution is -2.42. The average Bonchev–Trinajstić information content (AvgIpc) is 3.05. The maximum absolute atomic E-state index is 12.4. The zero-order chi connectivity index (χ0) is 20.2. The molecule has 3 aromatic rings. The summed E-state index contributed by atoms with van der Waals surface area (Å²) >= 11 is 0. The summed E-state index contributed by atoms with van der Waals surface area (Å²) in [4.78, 5) is 26.1. The Labute approximate surface area is 169 Å². The predicted molar refractivity (Wildman–Crippen MR) is 111 cm³/mol. The van der Waals surface area contributed by atoms with Gasteiger partial charge in [-0.15, -0.1) is 0 Å². The van der Waals surface area contributed by atoms with E-state index in [1.54, 1.807) is 24.3 Å². The highest BCUT2D eigenvalue weighted by Gasteiger charge is 2.30. The number of fused-ring (bicyclic) bond motifs is 1. The van der Waals surface area contributed by atoms with Crippen molar-refractivity contribution in [1.29, 1.82) is 0 Å². The number of amides is 1. The predicted octanol–water partition coefficient (Wildman–Crippen LogP) is 2.81. The molecule has 2 atom stereocenters. The van der Waals surface area contributed by atoms with E-state index in [9.17, 15) is 9.59 Å². The van der Waals surface area contributed by atoms with Crippen LogP contribution in [0.25, 0.3) is 11.0 Å². The van der Waals surface area contributed by atoms with Crippen LogP contribution in [0, 0.1) is 5.92 Å². The highest BCUT2D eigenvalue weighted by Crippen LogP contribution is 2.20. The van der Waals surface area contributed by atoms with Crippen LogP contribution in [0.3, 0.4) is 0 Å². The second-order valence-electron chi connectivity index (χ2n) is 7.57. The van der Waals surface area contributed by atoms with Crippen molar-refractivity contribution >= 4 is 16.9 Å². The molecule has 1 aliphatic rings. The zero-order valence-corrected chi connectivity index (χ0v) is 16.3. The van der Waals surface area contributed by atoms with Gasteiger partial charge in [-0.05, 0) is 29.7 Å².